The predicted molar refractivity (Wildman–Crippen MR) is 74.3 cm³/mol. The van der Waals surface area contributed by atoms with Crippen molar-refractivity contribution in [3.63, 3.8) is 0 Å². The molecule has 1 aliphatic rings. The van der Waals surface area contributed by atoms with Crippen LogP contribution in [0.2, 0.25) is 0 Å². The lowest BCUT2D eigenvalue weighted by Crippen LogP contribution is -2.36. The Hall–Kier alpha value is -1.33. The van der Waals surface area contributed by atoms with Gasteiger partial charge < -0.3 is 14.3 Å². The van der Waals surface area contributed by atoms with Gasteiger partial charge in [-0.3, -0.25) is 4.90 Å². The Balaban J connectivity index is 1.84. The third-order valence-corrected chi connectivity index (χ3v) is 3.83. The molecule has 1 aromatic rings. The van der Waals surface area contributed by atoms with Crippen molar-refractivity contribution in [3.8, 4) is 0 Å². The summed E-state index contributed by atoms with van der Waals surface area (Å²) in [5, 5.41) is 9.58. The number of furan rings is 1. The highest BCUT2D eigenvalue weighted by Gasteiger charge is 2.23. The molecule has 112 valence electrons. The van der Waals surface area contributed by atoms with Crippen molar-refractivity contribution in [2.75, 3.05) is 19.7 Å². The topological polar surface area (TPSA) is 62.9 Å². The van der Waals surface area contributed by atoms with Crippen LogP contribution in [0.4, 0.5) is 0 Å². The maximum atomic E-state index is 11.5. The molecule has 0 saturated carbocycles. The Labute approximate surface area is 119 Å². The number of aliphatic hydroxyl groups is 1. The molecule has 0 aliphatic carbocycles. The number of rotatable bonds is 5. The quantitative estimate of drug-likeness (QED) is 0.837. The van der Waals surface area contributed by atoms with Crippen LogP contribution >= 0.6 is 0 Å². The lowest BCUT2D eigenvalue weighted by molar-refractivity contribution is 0.0480. The van der Waals surface area contributed by atoms with Crippen molar-refractivity contribution >= 4 is 5.97 Å². The second-order valence-corrected chi connectivity index (χ2v) is 5.34. The van der Waals surface area contributed by atoms with Crippen LogP contribution in [0.3, 0.4) is 0 Å². The number of carbonyl (C=O) groups excluding carboxylic acids is 1. The minimum absolute atomic E-state index is 0.226. The Bertz CT molecular complexity index is 433. The molecule has 1 fully saturated rings. The van der Waals surface area contributed by atoms with Crippen molar-refractivity contribution in [1.82, 2.24) is 4.90 Å². The number of likely N-dealkylation sites (tertiary alicyclic amines) is 1. The Morgan fingerprint density at radius 3 is 2.80 bits per heavy atom. The number of nitrogens with zero attached hydrogens (tertiary/aromatic N) is 1. The summed E-state index contributed by atoms with van der Waals surface area (Å²) in [5.41, 5.74) is 0. The number of hydrogen-bond donors (Lipinski definition) is 1. The number of hydrogen-bond acceptors (Lipinski definition) is 5. The zero-order chi connectivity index (χ0) is 14.5. The Morgan fingerprint density at radius 1 is 1.50 bits per heavy atom. The maximum absolute atomic E-state index is 11.5. The van der Waals surface area contributed by atoms with Crippen LogP contribution in [0.1, 0.15) is 43.0 Å². The highest BCUT2D eigenvalue weighted by Crippen LogP contribution is 2.22. The second kappa shape index (κ2) is 6.90. The molecule has 1 unspecified atom stereocenters. The van der Waals surface area contributed by atoms with E-state index < -0.39 is 5.97 Å². The highest BCUT2D eigenvalue weighted by molar-refractivity contribution is 5.86. The first kappa shape index (κ1) is 15.1. The molecule has 5 nitrogen and oxygen atoms in total. The summed E-state index contributed by atoms with van der Waals surface area (Å²) in [7, 11) is 0. The number of ether oxygens (including phenoxy) is 1. The van der Waals surface area contributed by atoms with Crippen molar-refractivity contribution in [1.29, 1.82) is 0 Å². The van der Waals surface area contributed by atoms with Gasteiger partial charge in [0.2, 0.25) is 5.76 Å². The van der Waals surface area contributed by atoms with Gasteiger partial charge in [0.05, 0.1) is 19.3 Å². The first-order valence-electron chi connectivity index (χ1n) is 7.26. The van der Waals surface area contributed by atoms with Gasteiger partial charge in [0.25, 0.3) is 0 Å². The van der Waals surface area contributed by atoms with Gasteiger partial charge in [0.15, 0.2) is 0 Å². The van der Waals surface area contributed by atoms with E-state index in [4.69, 9.17) is 9.15 Å². The third-order valence-electron chi connectivity index (χ3n) is 3.83. The molecule has 0 amide bonds. The summed E-state index contributed by atoms with van der Waals surface area (Å²) >= 11 is 0. The maximum Gasteiger partial charge on any atom is 0.374 e. The summed E-state index contributed by atoms with van der Waals surface area (Å²) < 4.78 is 10.4. The SMILES string of the molecule is CCOC(=O)c1ccc(CN2CCC(C(C)O)CC2)o1. The molecule has 0 spiro atoms. The molecule has 1 saturated heterocycles. The minimum atomic E-state index is -0.411. The molecule has 0 bridgehead atoms. The van der Waals surface area contributed by atoms with E-state index in [1.54, 1.807) is 13.0 Å². The van der Waals surface area contributed by atoms with E-state index >= 15 is 0 Å². The first-order chi connectivity index (χ1) is 9.60. The van der Waals surface area contributed by atoms with Crippen LogP contribution in [0, 0.1) is 5.92 Å². The molecular weight excluding hydrogens is 258 g/mol. The lowest BCUT2D eigenvalue weighted by Gasteiger charge is -2.32. The van der Waals surface area contributed by atoms with Crippen LogP contribution in [-0.4, -0.2) is 41.8 Å². The molecule has 1 aromatic heterocycles. The summed E-state index contributed by atoms with van der Waals surface area (Å²) in [5.74, 6) is 1.04. The summed E-state index contributed by atoms with van der Waals surface area (Å²) in [4.78, 5) is 13.8. The van der Waals surface area contributed by atoms with Gasteiger partial charge in [-0.1, -0.05) is 0 Å². The average molecular weight is 281 g/mol. The molecule has 2 rings (SSSR count). The van der Waals surface area contributed by atoms with E-state index in [0.29, 0.717) is 19.1 Å². The zero-order valence-electron chi connectivity index (χ0n) is 12.2. The normalized spacial score (nSPS) is 18.9. The van der Waals surface area contributed by atoms with Crippen molar-refractivity contribution < 1.29 is 19.1 Å². The van der Waals surface area contributed by atoms with Gasteiger partial charge in [-0.05, 0) is 57.8 Å². The van der Waals surface area contributed by atoms with E-state index in [1.807, 2.05) is 13.0 Å². The standard InChI is InChI=1S/C15H23NO4/c1-3-19-15(18)14-5-4-13(20-14)10-16-8-6-12(7-9-16)11(2)17/h4-5,11-12,17H,3,6-10H2,1-2H3. The lowest BCUT2D eigenvalue weighted by atomic mass is 9.92. The van der Waals surface area contributed by atoms with Crippen molar-refractivity contribution in [3.05, 3.63) is 23.7 Å². The van der Waals surface area contributed by atoms with E-state index in [9.17, 15) is 9.90 Å². The van der Waals surface area contributed by atoms with Crippen molar-refractivity contribution in [2.24, 2.45) is 5.92 Å². The van der Waals surface area contributed by atoms with Crippen LogP contribution in [0.15, 0.2) is 16.5 Å². The Kier molecular flexibility index (Phi) is 5.20. The predicted octanol–water partition coefficient (Wildman–Crippen LogP) is 2.05. The van der Waals surface area contributed by atoms with E-state index in [-0.39, 0.29) is 11.9 Å². The fourth-order valence-corrected chi connectivity index (χ4v) is 2.59. The van der Waals surface area contributed by atoms with Gasteiger partial charge >= 0.3 is 5.97 Å². The number of carbonyl (C=O) groups is 1. The fourth-order valence-electron chi connectivity index (χ4n) is 2.59. The van der Waals surface area contributed by atoms with Gasteiger partial charge in [-0.2, -0.15) is 0 Å². The number of aliphatic hydroxyl groups excluding tert-OH is 1. The van der Waals surface area contributed by atoms with E-state index in [0.717, 1.165) is 31.7 Å². The highest BCUT2D eigenvalue weighted by atomic mass is 16.5. The Morgan fingerprint density at radius 2 is 2.20 bits per heavy atom. The molecule has 1 N–H and O–H groups in total. The average Bonchev–Trinajstić information content (AvgIpc) is 2.88. The van der Waals surface area contributed by atoms with Crippen LogP contribution in [0.5, 0.6) is 0 Å². The molecular formula is C15H23NO4. The van der Waals surface area contributed by atoms with Gasteiger partial charge in [-0.25, -0.2) is 4.79 Å². The smallest absolute Gasteiger partial charge is 0.374 e. The second-order valence-electron chi connectivity index (χ2n) is 5.34. The molecule has 20 heavy (non-hydrogen) atoms. The molecule has 2 heterocycles. The molecule has 0 aromatic carbocycles. The monoisotopic (exact) mass is 281 g/mol. The molecule has 1 aliphatic heterocycles. The van der Waals surface area contributed by atoms with Crippen LogP contribution < -0.4 is 0 Å². The number of esters is 1. The minimum Gasteiger partial charge on any atom is -0.460 e. The van der Waals surface area contributed by atoms with Gasteiger partial charge in [0, 0.05) is 0 Å². The van der Waals surface area contributed by atoms with Crippen LogP contribution in [-0.2, 0) is 11.3 Å². The first-order valence-corrected chi connectivity index (χ1v) is 7.26. The van der Waals surface area contributed by atoms with Gasteiger partial charge in [-0.15, -0.1) is 0 Å². The fraction of sp³-hybridized carbons (Fsp3) is 0.667. The summed E-state index contributed by atoms with van der Waals surface area (Å²) in [6.07, 6.45) is 1.78. The largest absolute Gasteiger partial charge is 0.460 e. The van der Waals surface area contributed by atoms with Crippen molar-refractivity contribution in [2.45, 2.75) is 39.3 Å². The van der Waals surface area contributed by atoms with Gasteiger partial charge in [0.1, 0.15) is 5.76 Å². The molecule has 5 heteroatoms. The van der Waals surface area contributed by atoms with Crippen LogP contribution in [0.25, 0.3) is 0 Å². The summed E-state index contributed by atoms with van der Waals surface area (Å²) in [6.45, 7) is 6.58. The van der Waals surface area contributed by atoms with E-state index in [1.165, 1.54) is 0 Å². The van der Waals surface area contributed by atoms with E-state index in [2.05, 4.69) is 4.90 Å². The molecule has 1 atom stereocenters. The molecule has 0 radical (unpaired) electrons. The number of piperidine rings is 1. The zero-order valence-corrected chi connectivity index (χ0v) is 12.2. The third kappa shape index (κ3) is 3.84. The summed E-state index contributed by atoms with van der Waals surface area (Å²) in [6, 6.07) is 3.49.